The molecule has 0 saturated heterocycles. The van der Waals surface area contributed by atoms with E-state index in [0.717, 1.165) is 0 Å². The van der Waals surface area contributed by atoms with Crippen LogP contribution in [0.3, 0.4) is 0 Å². The predicted molar refractivity (Wildman–Crippen MR) is 49.4 cm³/mol. The summed E-state index contributed by atoms with van der Waals surface area (Å²) in [6.07, 6.45) is -15.6. The van der Waals surface area contributed by atoms with E-state index in [1.807, 2.05) is 0 Å². The van der Waals surface area contributed by atoms with Gasteiger partial charge in [0.25, 0.3) is 0 Å². The van der Waals surface area contributed by atoms with Gasteiger partial charge >= 0.3 is 18.5 Å². The van der Waals surface area contributed by atoms with Gasteiger partial charge < -0.3 is 5.73 Å². The van der Waals surface area contributed by atoms with E-state index in [2.05, 4.69) is 5.73 Å². The Morgan fingerprint density at radius 3 is 1.65 bits per heavy atom. The molecule has 114 valence electrons. The summed E-state index contributed by atoms with van der Waals surface area (Å²) in [4.78, 5) is 0. The molecule has 0 aliphatic rings. The van der Waals surface area contributed by atoms with E-state index in [9.17, 15) is 39.5 Å². The SMILES string of the molecule is N[C@H](c1cc(C(F)(F)F)ccc1C(F)(F)F)C(F)(F)F. The zero-order valence-electron chi connectivity index (χ0n) is 9.29. The van der Waals surface area contributed by atoms with E-state index >= 15 is 0 Å². The lowest BCUT2D eigenvalue weighted by Gasteiger charge is -2.22. The lowest BCUT2D eigenvalue weighted by molar-refractivity contribution is -0.157. The molecule has 0 fully saturated rings. The summed E-state index contributed by atoms with van der Waals surface area (Å²) in [5.74, 6) is 0. The van der Waals surface area contributed by atoms with Crippen molar-refractivity contribution in [3.05, 3.63) is 34.9 Å². The van der Waals surface area contributed by atoms with E-state index < -0.39 is 41.3 Å². The van der Waals surface area contributed by atoms with Gasteiger partial charge in [-0.3, -0.25) is 0 Å². The molecule has 0 heterocycles. The molecule has 20 heavy (non-hydrogen) atoms. The van der Waals surface area contributed by atoms with Crippen LogP contribution in [0, 0.1) is 0 Å². The summed E-state index contributed by atoms with van der Waals surface area (Å²) in [5, 5.41) is 0. The minimum atomic E-state index is -5.30. The van der Waals surface area contributed by atoms with Gasteiger partial charge in [-0.05, 0) is 23.8 Å². The zero-order valence-corrected chi connectivity index (χ0v) is 9.29. The van der Waals surface area contributed by atoms with Crippen molar-refractivity contribution in [1.29, 1.82) is 0 Å². The normalized spacial score (nSPS) is 15.3. The Morgan fingerprint density at radius 1 is 0.800 bits per heavy atom. The molecule has 1 atom stereocenters. The number of halogens is 9. The van der Waals surface area contributed by atoms with Gasteiger partial charge in [-0.1, -0.05) is 0 Å². The highest BCUT2D eigenvalue weighted by molar-refractivity contribution is 5.38. The molecule has 1 aromatic rings. The van der Waals surface area contributed by atoms with Crippen molar-refractivity contribution in [2.24, 2.45) is 5.73 Å². The fourth-order valence-electron chi connectivity index (χ4n) is 1.43. The zero-order chi connectivity index (χ0) is 15.9. The van der Waals surface area contributed by atoms with E-state index in [1.165, 1.54) is 0 Å². The highest BCUT2D eigenvalue weighted by Crippen LogP contribution is 2.41. The van der Waals surface area contributed by atoms with E-state index in [1.54, 1.807) is 0 Å². The van der Waals surface area contributed by atoms with E-state index in [4.69, 9.17) is 0 Å². The van der Waals surface area contributed by atoms with Crippen molar-refractivity contribution >= 4 is 0 Å². The summed E-state index contributed by atoms with van der Waals surface area (Å²) in [6.45, 7) is 0. The summed E-state index contributed by atoms with van der Waals surface area (Å²) in [5.41, 5.74) is -0.568. The highest BCUT2D eigenvalue weighted by Gasteiger charge is 2.45. The molecular weight excluding hydrogens is 305 g/mol. The van der Waals surface area contributed by atoms with E-state index in [-0.39, 0.29) is 18.2 Å². The second kappa shape index (κ2) is 4.83. The maximum Gasteiger partial charge on any atom is 0.416 e. The molecule has 0 saturated carbocycles. The summed E-state index contributed by atoms with van der Waals surface area (Å²) in [6, 6.07) is -3.42. The van der Waals surface area contributed by atoms with Crippen LogP contribution >= 0.6 is 0 Å². The maximum absolute atomic E-state index is 12.5. The number of rotatable bonds is 1. The highest BCUT2D eigenvalue weighted by atomic mass is 19.4. The standard InChI is InChI=1S/C10H6F9N/c11-8(12,13)4-1-2-6(9(14,15)16)5(3-4)7(20)10(17,18)19/h1-3,7H,20H2/t7-/m1/s1. The molecule has 0 amide bonds. The fraction of sp³-hybridized carbons (Fsp3) is 0.400. The first-order valence-electron chi connectivity index (χ1n) is 4.85. The van der Waals surface area contributed by atoms with Gasteiger partial charge in [-0.15, -0.1) is 0 Å². The Bertz CT molecular complexity index is 483. The van der Waals surface area contributed by atoms with Crippen LogP contribution in [0.1, 0.15) is 22.7 Å². The van der Waals surface area contributed by atoms with Crippen molar-refractivity contribution in [3.8, 4) is 0 Å². The molecule has 0 aromatic heterocycles. The molecule has 0 aliphatic carbocycles. The molecule has 10 heteroatoms. The summed E-state index contributed by atoms with van der Waals surface area (Å²) >= 11 is 0. The first-order valence-corrected chi connectivity index (χ1v) is 4.85. The predicted octanol–water partition coefficient (Wildman–Crippen LogP) is 4.29. The third kappa shape index (κ3) is 3.56. The minimum absolute atomic E-state index is 0.0510. The largest absolute Gasteiger partial charge is 0.416 e. The molecule has 1 aromatic carbocycles. The van der Waals surface area contributed by atoms with Crippen LogP contribution in [0.2, 0.25) is 0 Å². The molecule has 0 radical (unpaired) electrons. The average Bonchev–Trinajstić information content (AvgIpc) is 2.23. The number of hydrogen-bond donors (Lipinski definition) is 1. The molecule has 0 unspecified atom stereocenters. The molecule has 1 nitrogen and oxygen atoms in total. The molecular formula is C10H6F9N. The van der Waals surface area contributed by atoms with Gasteiger partial charge in [0.05, 0.1) is 11.1 Å². The van der Waals surface area contributed by atoms with Crippen LogP contribution in [-0.4, -0.2) is 6.18 Å². The molecule has 0 aliphatic heterocycles. The summed E-state index contributed by atoms with van der Waals surface area (Å²) < 4.78 is 112. The summed E-state index contributed by atoms with van der Waals surface area (Å²) in [7, 11) is 0. The fourth-order valence-corrected chi connectivity index (χ4v) is 1.43. The Hall–Kier alpha value is -1.45. The van der Waals surface area contributed by atoms with E-state index in [0.29, 0.717) is 0 Å². The van der Waals surface area contributed by atoms with Crippen LogP contribution < -0.4 is 5.73 Å². The topological polar surface area (TPSA) is 26.0 Å². The Kier molecular flexibility index (Phi) is 4.01. The van der Waals surface area contributed by atoms with Crippen LogP contribution in [0.5, 0.6) is 0 Å². The van der Waals surface area contributed by atoms with Crippen molar-refractivity contribution in [3.63, 3.8) is 0 Å². The molecule has 2 N–H and O–H groups in total. The number of hydrogen-bond acceptors (Lipinski definition) is 1. The third-order valence-corrected chi connectivity index (χ3v) is 2.37. The number of nitrogens with two attached hydrogens (primary N) is 1. The van der Waals surface area contributed by atoms with Crippen molar-refractivity contribution in [2.75, 3.05) is 0 Å². The van der Waals surface area contributed by atoms with Gasteiger partial charge in [-0.2, -0.15) is 39.5 Å². The molecule has 0 spiro atoms. The Labute approximate surface area is 106 Å². The van der Waals surface area contributed by atoms with Crippen LogP contribution in [0.15, 0.2) is 18.2 Å². The van der Waals surface area contributed by atoms with Crippen molar-refractivity contribution in [1.82, 2.24) is 0 Å². The lowest BCUT2D eigenvalue weighted by atomic mass is 9.97. The Morgan fingerprint density at radius 2 is 1.30 bits per heavy atom. The van der Waals surface area contributed by atoms with Crippen molar-refractivity contribution in [2.45, 2.75) is 24.6 Å². The lowest BCUT2D eigenvalue weighted by Crippen LogP contribution is -2.31. The molecule has 0 bridgehead atoms. The van der Waals surface area contributed by atoms with Gasteiger partial charge in [0, 0.05) is 0 Å². The third-order valence-electron chi connectivity index (χ3n) is 2.37. The number of alkyl halides is 9. The smallest absolute Gasteiger partial charge is 0.316 e. The quantitative estimate of drug-likeness (QED) is 0.770. The first-order chi connectivity index (χ1) is 8.74. The molecule has 1 rings (SSSR count). The maximum atomic E-state index is 12.5. The first kappa shape index (κ1) is 16.6. The van der Waals surface area contributed by atoms with Crippen LogP contribution in [-0.2, 0) is 12.4 Å². The monoisotopic (exact) mass is 311 g/mol. The minimum Gasteiger partial charge on any atom is -0.316 e. The van der Waals surface area contributed by atoms with Gasteiger partial charge in [0.2, 0.25) is 0 Å². The van der Waals surface area contributed by atoms with Crippen LogP contribution in [0.25, 0.3) is 0 Å². The van der Waals surface area contributed by atoms with Gasteiger partial charge in [-0.25, -0.2) is 0 Å². The Balaban J connectivity index is 3.50. The number of benzene rings is 1. The average molecular weight is 311 g/mol. The van der Waals surface area contributed by atoms with Gasteiger partial charge in [0.15, 0.2) is 0 Å². The van der Waals surface area contributed by atoms with Crippen LogP contribution in [0.4, 0.5) is 39.5 Å². The van der Waals surface area contributed by atoms with Crippen molar-refractivity contribution < 1.29 is 39.5 Å². The van der Waals surface area contributed by atoms with Gasteiger partial charge in [0.1, 0.15) is 6.04 Å². The second-order valence-electron chi connectivity index (χ2n) is 3.82. The second-order valence-corrected chi connectivity index (χ2v) is 3.82.